The Labute approximate surface area is 562 Å². The van der Waals surface area contributed by atoms with Gasteiger partial charge >= 0.3 is 25.8 Å². The van der Waals surface area contributed by atoms with Gasteiger partial charge in [-0.1, -0.05) is 466 Å². The third-order valence-corrected chi connectivity index (χ3v) is 17.4. The summed E-state index contributed by atoms with van der Waals surface area (Å²) in [7, 11) is 0. The fourth-order valence-electron chi connectivity index (χ4n) is 11.3. The Balaban J connectivity index is -0.000000333. The van der Waals surface area contributed by atoms with Gasteiger partial charge in [-0.3, -0.25) is 0 Å². The van der Waals surface area contributed by atoms with E-state index in [1.807, 2.05) is 0 Å². The van der Waals surface area contributed by atoms with E-state index >= 15 is 0 Å². The predicted molar refractivity (Wildman–Crippen MR) is 393 cm³/mol. The van der Waals surface area contributed by atoms with Crippen molar-refractivity contribution in [1.29, 1.82) is 0 Å². The molecular weight excluding hydrogens is 1200 g/mol. The van der Waals surface area contributed by atoms with E-state index in [1.165, 1.54) is 411 Å². The van der Waals surface area contributed by atoms with Gasteiger partial charge in [-0.05, 0) is 0 Å². The molecule has 85 heavy (non-hydrogen) atoms. The van der Waals surface area contributed by atoms with Crippen LogP contribution >= 0.6 is 0 Å². The molecule has 0 aliphatic carbocycles. The van der Waals surface area contributed by atoms with Crippen molar-refractivity contribution in [1.82, 2.24) is 0 Å². The Morgan fingerprint density at radius 1 is 0.106 bits per heavy atom. The minimum Gasteiger partial charge on any atom is -0.662 e. The summed E-state index contributed by atoms with van der Waals surface area (Å²) in [6.07, 6.45) is 90.1. The maximum Gasteiger partial charge on any atom is 4.00 e. The van der Waals surface area contributed by atoms with Crippen molar-refractivity contribution in [2.75, 3.05) is 52.4 Å². The summed E-state index contributed by atoms with van der Waals surface area (Å²) in [5.74, 6) is 0. The second-order valence-corrected chi connectivity index (χ2v) is 26.5. The van der Waals surface area contributed by atoms with Gasteiger partial charge in [-0.15, -0.1) is 52.4 Å². The van der Waals surface area contributed by atoms with Gasteiger partial charge in [0.25, 0.3) is 0 Å². The zero-order valence-corrected chi connectivity index (χ0v) is 64.8. The molecule has 0 aromatic heterocycles. The zero-order valence-electron chi connectivity index (χ0n) is 61.2. The molecule has 0 radical (unpaired) electrons. The molecule has 0 aromatic rings. The molecule has 0 spiro atoms. The largest absolute Gasteiger partial charge is 4.00 e. The molecule has 0 unspecified atom stereocenters. The average molecular weight is 1360 g/mol. The van der Waals surface area contributed by atoms with E-state index in [9.17, 15) is 0 Å². The van der Waals surface area contributed by atoms with Gasteiger partial charge in [0, 0.05) is 0 Å². The zero-order chi connectivity index (χ0) is 61.7. The van der Waals surface area contributed by atoms with Crippen LogP contribution < -0.4 is 0 Å². The van der Waals surface area contributed by atoms with Gasteiger partial charge in [0.15, 0.2) is 0 Å². The number of hydrogen-bond donors (Lipinski definition) is 0. The smallest absolute Gasteiger partial charge is 0.662 e. The van der Waals surface area contributed by atoms with Crippen LogP contribution in [0.25, 0.3) is 21.3 Å². The van der Waals surface area contributed by atoms with E-state index < -0.39 is 0 Å². The van der Waals surface area contributed by atoms with E-state index in [4.69, 9.17) is 0 Å². The first-order valence-corrected chi connectivity index (χ1v) is 40.2. The molecule has 0 rings (SSSR count). The van der Waals surface area contributed by atoms with Gasteiger partial charge in [0.1, 0.15) is 0 Å². The van der Waals surface area contributed by atoms with E-state index in [-0.39, 0.29) is 25.8 Å². The Hall–Kier alpha value is 0.710. The summed E-state index contributed by atoms with van der Waals surface area (Å²) in [6, 6.07) is 0. The third-order valence-electron chi connectivity index (χ3n) is 17.4. The number of hydrogen-bond acceptors (Lipinski definition) is 0. The van der Waals surface area contributed by atoms with E-state index in [1.54, 1.807) is 0 Å². The molecule has 0 amide bonds. The van der Waals surface area contributed by atoms with Crippen LogP contribution in [0.2, 0.25) is 0 Å². The van der Waals surface area contributed by atoms with E-state index in [0.717, 1.165) is 52.4 Å². The van der Waals surface area contributed by atoms with E-state index in [2.05, 4.69) is 76.7 Å². The molecule has 0 atom stereocenters. The molecule has 0 heterocycles. The second-order valence-electron chi connectivity index (χ2n) is 26.5. The van der Waals surface area contributed by atoms with Crippen molar-refractivity contribution in [2.24, 2.45) is 0 Å². The SMILES string of the molecule is CCCCCCCCCC[N-]CCCCCCCCCC.CCCCCCCCCC[N-]CCCCCCCCCC.CCCCCCCCCC[N-]CCCCCCCCCC.CCCCCCCCCC[N-]CCCCCCCCCC.[Hf+4]. The van der Waals surface area contributed by atoms with Crippen LogP contribution in [0.5, 0.6) is 0 Å². The van der Waals surface area contributed by atoms with Crippen molar-refractivity contribution >= 4 is 0 Å². The van der Waals surface area contributed by atoms with Gasteiger partial charge < -0.3 is 21.3 Å². The molecule has 0 aliphatic heterocycles. The molecule has 0 aliphatic rings. The summed E-state index contributed by atoms with van der Waals surface area (Å²) in [5.41, 5.74) is 0. The Morgan fingerprint density at radius 3 is 0.259 bits per heavy atom. The Morgan fingerprint density at radius 2 is 0.176 bits per heavy atom. The van der Waals surface area contributed by atoms with Gasteiger partial charge in [0.05, 0.1) is 0 Å². The minimum atomic E-state index is 0. The number of rotatable bonds is 72. The summed E-state index contributed by atoms with van der Waals surface area (Å²) in [6.45, 7) is 27.2. The van der Waals surface area contributed by atoms with Crippen LogP contribution in [0.15, 0.2) is 0 Å². The molecule has 0 N–H and O–H groups in total. The van der Waals surface area contributed by atoms with Gasteiger partial charge in [-0.25, -0.2) is 0 Å². The number of unbranched alkanes of at least 4 members (excludes halogenated alkanes) is 56. The monoisotopic (exact) mass is 1370 g/mol. The van der Waals surface area contributed by atoms with Crippen LogP contribution in [0.1, 0.15) is 466 Å². The molecule has 4 nitrogen and oxygen atoms in total. The molecule has 0 saturated carbocycles. The first-order valence-electron chi connectivity index (χ1n) is 40.2. The second kappa shape index (κ2) is 101. The van der Waals surface area contributed by atoms with Crippen LogP contribution in [0.4, 0.5) is 0 Å². The van der Waals surface area contributed by atoms with Crippen LogP contribution in [-0.2, 0) is 25.8 Å². The van der Waals surface area contributed by atoms with Crippen molar-refractivity contribution < 1.29 is 25.8 Å². The first-order chi connectivity index (χ1) is 41.7. The maximum atomic E-state index is 4.67. The molecule has 0 aromatic carbocycles. The van der Waals surface area contributed by atoms with Gasteiger partial charge in [0.2, 0.25) is 0 Å². The molecular formula is C80H168HfN4. The van der Waals surface area contributed by atoms with Gasteiger partial charge in [-0.2, -0.15) is 0 Å². The fraction of sp³-hybridized carbons (Fsp3) is 1.00. The first kappa shape index (κ1) is 94.4. The quantitative estimate of drug-likeness (QED) is 0.0430. The molecule has 5 heteroatoms. The van der Waals surface area contributed by atoms with Crippen molar-refractivity contribution in [3.8, 4) is 0 Å². The molecule has 0 bridgehead atoms. The minimum absolute atomic E-state index is 0. The van der Waals surface area contributed by atoms with Crippen molar-refractivity contribution in [2.45, 2.75) is 466 Å². The molecule has 0 saturated heterocycles. The Bertz CT molecular complexity index is 757. The van der Waals surface area contributed by atoms with Crippen molar-refractivity contribution in [3.05, 3.63) is 21.3 Å². The predicted octanol–water partition coefficient (Wildman–Crippen LogP) is 30.6. The topological polar surface area (TPSA) is 56.4 Å². The fourth-order valence-corrected chi connectivity index (χ4v) is 11.3. The summed E-state index contributed by atoms with van der Waals surface area (Å²) in [5, 5.41) is 18.7. The Kier molecular flexibility index (Phi) is 112. The molecule has 512 valence electrons. The number of nitrogens with zero attached hydrogens (tertiary/aromatic N) is 4. The molecule has 0 fully saturated rings. The van der Waals surface area contributed by atoms with E-state index in [0.29, 0.717) is 0 Å². The summed E-state index contributed by atoms with van der Waals surface area (Å²) in [4.78, 5) is 0. The van der Waals surface area contributed by atoms with Crippen LogP contribution in [0, 0.1) is 0 Å². The third kappa shape index (κ3) is 110. The maximum absolute atomic E-state index is 4.67. The summed E-state index contributed by atoms with van der Waals surface area (Å²) < 4.78 is 0. The van der Waals surface area contributed by atoms with Crippen LogP contribution in [-0.4, -0.2) is 52.4 Å². The standard InChI is InChI=1S/4C20H42N.Hf/c4*1-3-5-7-9-11-13-15-17-19-21-20-18-16-14-12-10-8-6-4-2;/h4*3-20H2,1-2H3;/q4*-1;+4. The van der Waals surface area contributed by atoms with Crippen molar-refractivity contribution in [3.63, 3.8) is 0 Å². The average Bonchev–Trinajstić information content (AvgIpc) is 3.50. The normalized spacial score (nSPS) is 11.0. The summed E-state index contributed by atoms with van der Waals surface area (Å²) >= 11 is 0. The van der Waals surface area contributed by atoms with Crippen LogP contribution in [0.3, 0.4) is 0 Å².